The van der Waals surface area contributed by atoms with Gasteiger partial charge in [-0.05, 0) is 17.7 Å². The maximum atomic E-state index is 12.7. The first-order valence-electron chi connectivity index (χ1n) is 10.4. The van der Waals surface area contributed by atoms with Crippen LogP contribution in [0.5, 0.6) is 0 Å². The molecular weight excluding hydrogens is 478 g/mol. The first kappa shape index (κ1) is 24.0. The lowest BCUT2D eigenvalue weighted by atomic mass is 10.0. The average molecular weight is 497 g/mol. The topological polar surface area (TPSA) is 163 Å². The Labute approximate surface area is 202 Å². The van der Waals surface area contributed by atoms with E-state index < -0.39 is 41.8 Å². The molecule has 180 valence electrons. The fourth-order valence-corrected chi connectivity index (χ4v) is 5.02. The van der Waals surface area contributed by atoms with Gasteiger partial charge in [-0.25, -0.2) is 19.4 Å². The molecule has 2 atom stereocenters. The molecule has 4 rings (SSSR count). The highest BCUT2D eigenvalue weighted by Crippen LogP contribution is 2.40. The second-order valence-electron chi connectivity index (χ2n) is 7.66. The number of rotatable bonds is 8. The predicted molar refractivity (Wildman–Crippen MR) is 121 cm³/mol. The molecule has 3 heterocycles. The third kappa shape index (κ3) is 5.01. The molecule has 0 bridgehead atoms. The number of ether oxygens (including phenoxy) is 1. The zero-order chi connectivity index (χ0) is 25.1. The second-order valence-corrected chi connectivity index (χ2v) is 8.77. The molecule has 2 aromatic rings. The van der Waals surface area contributed by atoms with Gasteiger partial charge < -0.3 is 20.3 Å². The molecule has 0 radical (unpaired) electrons. The van der Waals surface area contributed by atoms with E-state index in [1.54, 1.807) is 24.3 Å². The molecule has 2 aliphatic heterocycles. The zero-order valence-electron chi connectivity index (χ0n) is 18.0. The van der Waals surface area contributed by atoms with Gasteiger partial charge in [-0.3, -0.25) is 14.5 Å². The number of benzene rings is 1. The van der Waals surface area contributed by atoms with Crippen molar-refractivity contribution in [2.75, 3.05) is 12.4 Å². The van der Waals surface area contributed by atoms with E-state index in [4.69, 9.17) is 9.84 Å². The number of esters is 1. The Bertz CT molecular complexity index is 1250. The van der Waals surface area contributed by atoms with Crippen molar-refractivity contribution in [2.45, 2.75) is 17.8 Å². The third-order valence-corrected chi connectivity index (χ3v) is 6.67. The summed E-state index contributed by atoms with van der Waals surface area (Å²) in [4.78, 5) is 65.2. The van der Waals surface area contributed by atoms with E-state index in [0.29, 0.717) is 0 Å². The van der Waals surface area contributed by atoms with Crippen LogP contribution in [0.15, 0.2) is 59.8 Å². The highest BCUT2D eigenvalue weighted by Gasteiger charge is 2.54. The Kier molecular flexibility index (Phi) is 6.82. The molecule has 11 nitrogen and oxygen atoms in total. The number of carbonyl (C=O) groups excluding carboxylic acids is 3. The normalized spacial score (nSPS) is 18.9. The molecular formula is C23H19N3O8S. The monoisotopic (exact) mass is 497 g/mol. The summed E-state index contributed by atoms with van der Waals surface area (Å²) in [5.74, 6) is -4.39. The lowest BCUT2D eigenvalue weighted by Crippen LogP contribution is -2.70. The second kappa shape index (κ2) is 9.97. The quantitative estimate of drug-likeness (QED) is 0.353. The van der Waals surface area contributed by atoms with Crippen LogP contribution in [-0.2, 0) is 25.5 Å². The fraction of sp³-hybridized carbons (Fsp3) is 0.217. The summed E-state index contributed by atoms with van der Waals surface area (Å²) in [5.41, 5.74) is 0.0946. The number of nitrogens with zero attached hydrogens (tertiary/aromatic N) is 2. The van der Waals surface area contributed by atoms with E-state index in [9.17, 15) is 29.1 Å². The number of aromatic nitrogens is 1. The minimum Gasteiger partial charge on any atom is -0.477 e. The Hall–Kier alpha value is -4.19. The standard InChI is InChI=1S/C23H19N3O8S/c27-16(9-12-5-2-1-3-6-12)25-17-19(28)26-18(22(31)32)13(11-35-20(17)26)10-34-23(33)15-8-4-7-14(24-15)21(29)30/h1-8,17,20H,9-11H2,(H,25,27)(H,29,30)(H,31,32). The molecule has 1 fully saturated rings. The molecule has 2 aliphatic rings. The van der Waals surface area contributed by atoms with Crippen LogP contribution in [0.3, 0.4) is 0 Å². The number of hydrogen-bond donors (Lipinski definition) is 3. The van der Waals surface area contributed by atoms with Crippen LogP contribution >= 0.6 is 11.8 Å². The first-order valence-corrected chi connectivity index (χ1v) is 11.4. The number of thioether (sulfide) groups is 1. The summed E-state index contributed by atoms with van der Waals surface area (Å²) in [6, 6.07) is 12.0. The summed E-state index contributed by atoms with van der Waals surface area (Å²) >= 11 is 1.24. The number of fused-ring (bicyclic) bond motifs is 1. The molecule has 1 aromatic carbocycles. The number of aliphatic carboxylic acids is 1. The average Bonchev–Trinajstić information content (AvgIpc) is 2.85. The minimum atomic E-state index is -1.37. The van der Waals surface area contributed by atoms with Crippen LogP contribution in [0.4, 0.5) is 0 Å². The number of hydrogen-bond acceptors (Lipinski definition) is 8. The molecule has 12 heteroatoms. The van der Waals surface area contributed by atoms with Gasteiger partial charge in [0.1, 0.15) is 35.1 Å². The van der Waals surface area contributed by atoms with Crippen LogP contribution in [0.1, 0.15) is 26.5 Å². The van der Waals surface area contributed by atoms with Crippen molar-refractivity contribution in [3.63, 3.8) is 0 Å². The molecule has 0 spiro atoms. The van der Waals surface area contributed by atoms with E-state index >= 15 is 0 Å². The molecule has 35 heavy (non-hydrogen) atoms. The number of aromatic carboxylic acids is 1. The Morgan fingerprint density at radius 3 is 2.43 bits per heavy atom. The first-order chi connectivity index (χ1) is 16.8. The smallest absolute Gasteiger partial charge is 0.357 e. The maximum absolute atomic E-state index is 12.7. The van der Waals surface area contributed by atoms with Crippen molar-refractivity contribution < 1.29 is 38.9 Å². The number of carbonyl (C=O) groups is 5. The van der Waals surface area contributed by atoms with E-state index in [2.05, 4.69) is 10.3 Å². The number of pyridine rings is 1. The van der Waals surface area contributed by atoms with Crippen LogP contribution in [0, 0.1) is 0 Å². The van der Waals surface area contributed by atoms with Crippen LogP contribution < -0.4 is 5.32 Å². The molecule has 3 N–H and O–H groups in total. The van der Waals surface area contributed by atoms with Crippen molar-refractivity contribution in [3.8, 4) is 0 Å². The molecule has 0 saturated carbocycles. The predicted octanol–water partition coefficient (Wildman–Crippen LogP) is 0.918. The largest absolute Gasteiger partial charge is 0.477 e. The van der Waals surface area contributed by atoms with Crippen molar-refractivity contribution in [3.05, 3.63) is 76.8 Å². The summed E-state index contributed by atoms with van der Waals surface area (Å²) in [6.07, 6.45) is 0.0853. The van der Waals surface area contributed by atoms with Crippen molar-refractivity contribution in [1.82, 2.24) is 15.2 Å². The van der Waals surface area contributed by atoms with Gasteiger partial charge in [0.05, 0.1) is 6.42 Å². The van der Waals surface area contributed by atoms with E-state index in [0.717, 1.165) is 10.5 Å². The minimum absolute atomic E-state index is 0.0853. The van der Waals surface area contributed by atoms with Gasteiger partial charge in [-0.2, -0.15) is 0 Å². The summed E-state index contributed by atoms with van der Waals surface area (Å²) in [5, 5.41) is 20.8. The summed E-state index contributed by atoms with van der Waals surface area (Å²) < 4.78 is 5.15. The van der Waals surface area contributed by atoms with Gasteiger partial charge in [0, 0.05) is 11.3 Å². The van der Waals surface area contributed by atoms with Gasteiger partial charge in [-0.1, -0.05) is 36.4 Å². The van der Waals surface area contributed by atoms with Crippen molar-refractivity contribution in [1.29, 1.82) is 0 Å². The Morgan fingerprint density at radius 1 is 1.03 bits per heavy atom. The van der Waals surface area contributed by atoms with Gasteiger partial charge in [0.2, 0.25) is 5.91 Å². The fourth-order valence-electron chi connectivity index (χ4n) is 3.69. The van der Waals surface area contributed by atoms with Gasteiger partial charge >= 0.3 is 17.9 Å². The van der Waals surface area contributed by atoms with Crippen molar-refractivity contribution >= 4 is 41.5 Å². The Balaban J connectivity index is 1.42. The van der Waals surface area contributed by atoms with Crippen LogP contribution in [-0.4, -0.2) is 73.6 Å². The third-order valence-electron chi connectivity index (χ3n) is 5.33. The number of carboxylic acid groups (broad SMARTS) is 2. The van der Waals surface area contributed by atoms with Crippen LogP contribution in [0.25, 0.3) is 0 Å². The maximum Gasteiger partial charge on any atom is 0.357 e. The SMILES string of the molecule is O=C(Cc1ccccc1)NC1C(=O)N2C(C(=O)O)=C(COC(=O)c3cccc(C(=O)O)n3)CSC12. The summed E-state index contributed by atoms with van der Waals surface area (Å²) in [7, 11) is 0. The highest BCUT2D eigenvalue weighted by atomic mass is 32.2. The molecule has 2 amide bonds. The molecule has 1 saturated heterocycles. The van der Waals surface area contributed by atoms with E-state index in [1.807, 2.05) is 6.07 Å². The number of nitrogens with one attached hydrogen (secondary N) is 1. The molecule has 2 unspecified atom stereocenters. The van der Waals surface area contributed by atoms with Crippen LogP contribution in [0.2, 0.25) is 0 Å². The Morgan fingerprint density at radius 2 is 1.74 bits per heavy atom. The van der Waals surface area contributed by atoms with Gasteiger partial charge in [0.25, 0.3) is 5.91 Å². The number of amides is 2. The molecule has 0 aliphatic carbocycles. The number of β-lactam (4-membered cyclic amide) rings is 1. The molecule has 1 aromatic heterocycles. The zero-order valence-corrected chi connectivity index (χ0v) is 18.9. The van der Waals surface area contributed by atoms with Gasteiger partial charge in [0.15, 0.2) is 0 Å². The lowest BCUT2D eigenvalue weighted by molar-refractivity contribution is -0.150. The summed E-state index contributed by atoms with van der Waals surface area (Å²) in [6.45, 7) is -0.423. The van der Waals surface area contributed by atoms with E-state index in [-0.39, 0.29) is 40.7 Å². The van der Waals surface area contributed by atoms with E-state index in [1.165, 1.54) is 30.0 Å². The highest BCUT2D eigenvalue weighted by molar-refractivity contribution is 8.00. The van der Waals surface area contributed by atoms with Gasteiger partial charge in [-0.15, -0.1) is 11.8 Å². The number of carboxylic acids is 2. The van der Waals surface area contributed by atoms with Crippen molar-refractivity contribution in [2.24, 2.45) is 0 Å². The lowest BCUT2D eigenvalue weighted by Gasteiger charge is -2.49.